The molecule has 0 spiro atoms. The monoisotopic (exact) mass is 298 g/mol. The van der Waals surface area contributed by atoms with Crippen LogP contribution in [-0.2, 0) is 10.8 Å². The van der Waals surface area contributed by atoms with Gasteiger partial charge in [0.05, 0.1) is 0 Å². The summed E-state index contributed by atoms with van der Waals surface area (Å²) in [6.45, 7) is 9.62. The van der Waals surface area contributed by atoms with Crippen LogP contribution < -0.4 is 0 Å². The first kappa shape index (κ1) is 13.4. The molecule has 3 aliphatic carbocycles. The highest BCUT2D eigenvalue weighted by Crippen LogP contribution is 2.64. The molecule has 23 heavy (non-hydrogen) atoms. The van der Waals surface area contributed by atoms with Crippen LogP contribution in [0.2, 0.25) is 0 Å². The standard InChI is InChI=1S/C23H22/c1-22(2)18-11-7-5-9-14(18)16-13-17-15-10-6-8-12-19(15)23(3,4)21(17)20(16)22/h5-12H,13H2,1-4H3. The van der Waals surface area contributed by atoms with Crippen LogP contribution in [0.4, 0.5) is 0 Å². The summed E-state index contributed by atoms with van der Waals surface area (Å²) < 4.78 is 0. The van der Waals surface area contributed by atoms with Crippen LogP contribution >= 0.6 is 0 Å². The molecule has 0 bridgehead atoms. The minimum atomic E-state index is 0.113. The normalized spacial score (nSPS) is 22.1. The van der Waals surface area contributed by atoms with Crippen LogP contribution in [0.1, 0.15) is 56.4 Å². The molecule has 0 aliphatic heterocycles. The van der Waals surface area contributed by atoms with Gasteiger partial charge in [-0.15, -0.1) is 0 Å². The molecule has 2 aromatic rings. The maximum absolute atomic E-state index is 2.41. The Bertz CT molecular complexity index is 855. The van der Waals surface area contributed by atoms with Gasteiger partial charge in [-0.25, -0.2) is 0 Å². The smallest absolute Gasteiger partial charge is 0.0158 e. The Morgan fingerprint density at radius 3 is 1.43 bits per heavy atom. The quantitative estimate of drug-likeness (QED) is 0.569. The summed E-state index contributed by atoms with van der Waals surface area (Å²) >= 11 is 0. The molecule has 0 N–H and O–H groups in total. The number of hydrogen-bond donors (Lipinski definition) is 0. The summed E-state index contributed by atoms with van der Waals surface area (Å²) in [4.78, 5) is 0. The topological polar surface area (TPSA) is 0 Å². The van der Waals surface area contributed by atoms with E-state index in [4.69, 9.17) is 0 Å². The molecule has 0 saturated carbocycles. The van der Waals surface area contributed by atoms with Crippen LogP contribution in [0.25, 0.3) is 11.1 Å². The number of allylic oxidation sites excluding steroid dienone is 4. The molecule has 114 valence electrons. The van der Waals surface area contributed by atoms with Crippen molar-refractivity contribution in [3.63, 3.8) is 0 Å². The number of benzene rings is 2. The van der Waals surface area contributed by atoms with Crippen LogP contribution in [0, 0.1) is 0 Å². The highest BCUT2D eigenvalue weighted by atomic mass is 14.5. The lowest BCUT2D eigenvalue weighted by atomic mass is 9.70. The third-order valence-electron chi connectivity index (χ3n) is 6.31. The van der Waals surface area contributed by atoms with E-state index in [1.54, 1.807) is 22.3 Å². The molecule has 0 amide bonds. The van der Waals surface area contributed by atoms with Crippen LogP contribution in [0.15, 0.2) is 59.7 Å². The van der Waals surface area contributed by atoms with E-state index < -0.39 is 0 Å². The first-order valence-corrected chi connectivity index (χ1v) is 8.61. The molecule has 0 nitrogen and oxygen atoms in total. The third kappa shape index (κ3) is 1.39. The van der Waals surface area contributed by atoms with Crippen molar-refractivity contribution in [3.8, 4) is 0 Å². The van der Waals surface area contributed by atoms with E-state index in [-0.39, 0.29) is 10.8 Å². The fourth-order valence-electron chi connectivity index (χ4n) is 5.35. The zero-order valence-electron chi connectivity index (χ0n) is 14.3. The Hall–Kier alpha value is -2.08. The van der Waals surface area contributed by atoms with Gasteiger partial charge < -0.3 is 0 Å². The average Bonchev–Trinajstić information content (AvgIpc) is 3.10. The maximum Gasteiger partial charge on any atom is 0.0158 e. The van der Waals surface area contributed by atoms with E-state index in [0.717, 1.165) is 6.42 Å². The van der Waals surface area contributed by atoms with Crippen LogP contribution in [-0.4, -0.2) is 0 Å². The first-order valence-electron chi connectivity index (χ1n) is 8.61. The molecule has 5 rings (SSSR count). The summed E-state index contributed by atoms with van der Waals surface area (Å²) in [5, 5.41) is 0. The van der Waals surface area contributed by atoms with Crippen molar-refractivity contribution < 1.29 is 0 Å². The van der Waals surface area contributed by atoms with Crippen molar-refractivity contribution in [1.82, 2.24) is 0 Å². The van der Waals surface area contributed by atoms with Crippen molar-refractivity contribution in [2.45, 2.75) is 44.9 Å². The van der Waals surface area contributed by atoms with E-state index in [9.17, 15) is 0 Å². The van der Waals surface area contributed by atoms with E-state index in [2.05, 4.69) is 76.2 Å². The van der Waals surface area contributed by atoms with E-state index in [1.165, 1.54) is 22.3 Å². The first-order chi connectivity index (χ1) is 10.9. The molecule has 0 aromatic heterocycles. The summed E-state index contributed by atoms with van der Waals surface area (Å²) in [7, 11) is 0. The molecule has 0 unspecified atom stereocenters. The average molecular weight is 298 g/mol. The Kier molecular flexibility index (Phi) is 2.25. The molecule has 0 radical (unpaired) electrons. The van der Waals surface area contributed by atoms with Crippen molar-refractivity contribution in [2.24, 2.45) is 0 Å². The van der Waals surface area contributed by atoms with E-state index >= 15 is 0 Å². The second-order valence-corrected chi connectivity index (χ2v) is 8.23. The van der Waals surface area contributed by atoms with Crippen LogP contribution in [0.5, 0.6) is 0 Å². The second-order valence-electron chi connectivity index (χ2n) is 8.23. The lowest BCUT2D eigenvalue weighted by molar-refractivity contribution is 0.584. The van der Waals surface area contributed by atoms with Crippen LogP contribution in [0.3, 0.4) is 0 Å². The number of fused-ring (bicyclic) bond motifs is 5. The number of hydrogen-bond acceptors (Lipinski definition) is 0. The van der Waals surface area contributed by atoms with Gasteiger partial charge in [-0.2, -0.15) is 0 Å². The van der Waals surface area contributed by atoms with Crippen molar-refractivity contribution >= 4 is 11.1 Å². The largest absolute Gasteiger partial charge is 0.0619 e. The van der Waals surface area contributed by atoms with E-state index in [1.807, 2.05) is 0 Å². The van der Waals surface area contributed by atoms with Gasteiger partial charge in [0.1, 0.15) is 0 Å². The fourth-order valence-corrected chi connectivity index (χ4v) is 5.35. The Labute approximate surface area is 138 Å². The van der Waals surface area contributed by atoms with Gasteiger partial charge in [0.2, 0.25) is 0 Å². The van der Waals surface area contributed by atoms with Gasteiger partial charge in [-0.1, -0.05) is 76.2 Å². The SMILES string of the molecule is CC1(C)C2=C(CC3=C2C(C)(C)c2ccccc23)c2ccccc21. The minimum Gasteiger partial charge on any atom is -0.0619 e. The van der Waals surface area contributed by atoms with Gasteiger partial charge in [-0.3, -0.25) is 0 Å². The van der Waals surface area contributed by atoms with Gasteiger partial charge >= 0.3 is 0 Å². The Balaban J connectivity index is 1.80. The van der Waals surface area contributed by atoms with Crippen molar-refractivity contribution in [1.29, 1.82) is 0 Å². The Morgan fingerprint density at radius 2 is 1.00 bits per heavy atom. The zero-order valence-corrected chi connectivity index (χ0v) is 14.3. The third-order valence-corrected chi connectivity index (χ3v) is 6.31. The number of rotatable bonds is 0. The minimum absolute atomic E-state index is 0.113. The van der Waals surface area contributed by atoms with Crippen molar-refractivity contribution in [3.05, 3.63) is 81.9 Å². The van der Waals surface area contributed by atoms with Gasteiger partial charge in [0, 0.05) is 10.8 Å². The lowest BCUT2D eigenvalue weighted by Gasteiger charge is -2.32. The van der Waals surface area contributed by atoms with Gasteiger partial charge in [0.25, 0.3) is 0 Å². The summed E-state index contributed by atoms with van der Waals surface area (Å²) in [6, 6.07) is 18.0. The molecule has 3 aliphatic rings. The zero-order chi connectivity index (χ0) is 16.0. The molecule has 0 heteroatoms. The molecule has 0 saturated heterocycles. The molecular formula is C23H22. The highest BCUT2D eigenvalue weighted by Gasteiger charge is 2.50. The highest BCUT2D eigenvalue weighted by molar-refractivity contribution is 6.02. The molecular weight excluding hydrogens is 276 g/mol. The maximum atomic E-state index is 2.41. The molecule has 2 aromatic carbocycles. The van der Waals surface area contributed by atoms with E-state index in [0.29, 0.717) is 0 Å². The molecule has 0 atom stereocenters. The lowest BCUT2D eigenvalue weighted by Crippen LogP contribution is -2.26. The Morgan fingerprint density at radius 1 is 0.609 bits per heavy atom. The summed E-state index contributed by atoms with van der Waals surface area (Å²) in [6.07, 6.45) is 1.10. The fraction of sp³-hybridized carbons (Fsp3) is 0.304. The molecule has 0 fully saturated rings. The van der Waals surface area contributed by atoms with Gasteiger partial charge in [0.15, 0.2) is 0 Å². The van der Waals surface area contributed by atoms with Gasteiger partial charge in [-0.05, 0) is 51.0 Å². The predicted octanol–water partition coefficient (Wildman–Crippen LogP) is 5.88. The molecule has 0 heterocycles. The summed E-state index contributed by atoms with van der Waals surface area (Å²) in [5.74, 6) is 0. The second kappa shape index (κ2) is 3.87. The predicted molar refractivity (Wildman–Crippen MR) is 97.4 cm³/mol. The summed E-state index contributed by atoms with van der Waals surface area (Å²) in [5.41, 5.74) is 12.6. The van der Waals surface area contributed by atoms with Crippen molar-refractivity contribution in [2.75, 3.05) is 0 Å².